The molecule has 6 nitrogen and oxygen atoms in total. The summed E-state index contributed by atoms with van der Waals surface area (Å²) >= 11 is 0. The number of aliphatic carboxylic acids is 1. The fourth-order valence-corrected chi connectivity index (χ4v) is 3.61. The Bertz CT molecular complexity index is 1260. The van der Waals surface area contributed by atoms with E-state index in [4.69, 9.17) is 14.7 Å². The lowest BCUT2D eigenvalue weighted by Crippen LogP contribution is -2.10. The van der Waals surface area contributed by atoms with E-state index in [2.05, 4.69) is 46.5 Å². The SMILES string of the molecule is O=C(O)Cc1cccc(OCCON=C(Cc2ccncc2)c2ccc(-c3ccccc3)cc2)c1. The molecule has 0 aliphatic rings. The van der Waals surface area contributed by atoms with Gasteiger partial charge in [0.1, 0.15) is 12.4 Å². The molecule has 0 saturated carbocycles. The fourth-order valence-electron chi connectivity index (χ4n) is 3.61. The molecule has 0 aliphatic heterocycles. The lowest BCUT2D eigenvalue weighted by atomic mass is 9.99. The molecule has 0 saturated heterocycles. The summed E-state index contributed by atoms with van der Waals surface area (Å²) < 4.78 is 5.70. The van der Waals surface area contributed by atoms with E-state index < -0.39 is 5.97 Å². The first-order chi connectivity index (χ1) is 17.2. The highest BCUT2D eigenvalue weighted by Crippen LogP contribution is 2.20. The third kappa shape index (κ3) is 7.27. The second-order valence-electron chi connectivity index (χ2n) is 7.91. The number of oxime groups is 1. The van der Waals surface area contributed by atoms with Gasteiger partial charge in [-0.3, -0.25) is 9.78 Å². The molecular weight excluding hydrogens is 440 g/mol. The van der Waals surface area contributed by atoms with Crippen LogP contribution in [-0.4, -0.2) is 35.0 Å². The number of pyridine rings is 1. The highest BCUT2D eigenvalue weighted by Gasteiger charge is 2.08. The van der Waals surface area contributed by atoms with Crippen molar-refractivity contribution in [1.29, 1.82) is 0 Å². The molecule has 0 aliphatic carbocycles. The van der Waals surface area contributed by atoms with Gasteiger partial charge < -0.3 is 14.7 Å². The maximum atomic E-state index is 10.9. The van der Waals surface area contributed by atoms with Crippen molar-refractivity contribution in [2.75, 3.05) is 13.2 Å². The van der Waals surface area contributed by atoms with Crippen molar-refractivity contribution in [2.45, 2.75) is 12.8 Å². The normalized spacial score (nSPS) is 11.1. The molecule has 1 aromatic heterocycles. The Kier molecular flexibility index (Phi) is 8.22. The Morgan fingerprint density at radius 3 is 2.26 bits per heavy atom. The van der Waals surface area contributed by atoms with Gasteiger partial charge in [0.15, 0.2) is 6.61 Å². The summed E-state index contributed by atoms with van der Waals surface area (Å²) in [5.74, 6) is -0.275. The Balaban J connectivity index is 1.41. The number of carboxylic acids is 1. The third-order valence-electron chi connectivity index (χ3n) is 5.32. The van der Waals surface area contributed by atoms with E-state index >= 15 is 0 Å². The summed E-state index contributed by atoms with van der Waals surface area (Å²) in [5, 5.41) is 13.4. The molecular formula is C29H26N2O4. The van der Waals surface area contributed by atoms with E-state index in [1.807, 2.05) is 30.3 Å². The predicted molar refractivity (Wildman–Crippen MR) is 136 cm³/mol. The van der Waals surface area contributed by atoms with Gasteiger partial charge in [-0.15, -0.1) is 0 Å². The summed E-state index contributed by atoms with van der Waals surface area (Å²) in [4.78, 5) is 20.6. The van der Waals surface area contributed by atoms with Gasteiger partial charge in [-0.05, 0) is 52.1 Å². The van der Waals surface area contributed by atoms with Crippen LogP contribution in [0.25, 0.3) is 11.1 Å². The van der Waals surface area contributed by atoms with Crippen molar-refractivity contribution in [2.24, 2.45) is 5.16 Å². The van der Waals surface area contributed by atoms with Gasteiger partial charge in [0.05, 0.1) is 12.1 Å². The highest BCUT2D eigenvalue weighted by molar-refractivity contribution is 6.01. The van der Waals surface area contributed by atoms with E-state index in [1.165, 1.54) is 0 Å². The minimum Gasteiger partial charge on any atom is -0.490 e. The average Bonchev–Trinajstić information content (AvgIpc) is 2.89. The summed E-state index contributed by atoms with van der Waals surface area (Å²) in [6.07, 6.45) is 4.09. The van der Waals surface area contributed by atoms with Crippen LogP contribution in [-0.2, 0) is 22.5 Å². The Morgan fingerprint density at radius 2 is 1.51 bits per heavy atom. The highest BCUT2D eigenvalue weighted by atomic mass is 16.6. The zero-order valence-corrected chi connectivity index (χ0v) is 19.2. The van der Waals surface area contributed by atoms with Crippen molar-refractivity contribution >= 4 is 11.7 Å². The topological polar surface area (TPSA) is 81.0 Å². The lowest BCUT2D eigenvalue weighted by molar-refractivity contribution is -0.136. The maximum absolute atomic E-state index is 10.9. The Labute approximate surface area is 204 Å². The van der Waals surface area contributed by atoms with Gasteiger partial charge in [-0.1, -0.05) is 71.9 Å². The van der Waals surface area contributed by atoms with E-state index in [1.54, 1.807) is 36.7 Å². The molecule has 3 aromatic carbocycles. The maximum Gasteiger partial charge on any atom is 0.307 e. The molecule has 0 spiro atoms. The molecule has 0 amide bonds. The minimum atomic E-state index is -0.877. The molecule has 6 heteroatoms. The number of hydrogen-bond acceptors (Lipinski definition) is 5. The summed E-state index contributed by atoms with van der Waals surface area (Å²) in [5.41, 5.74) is 5.85. The zero-order chi connectivity index (χ0) is 24.3. The van der Waals surface area contributed by atoms with E-state index in [0.29, 0.717) is 17.7 Å². The zero-order valence-electron chi connectivity index (χ0n) is 19.2. The van der Waals surface area contributed by atoms with Crippen LogP contribution in [0.2, 0.25) is 0 Å². The number of benzene rings is 3. The average molecular weight is 467 g/mol. The number of nitrogens with zero attached hydrogens (tertiary/aromatic N) is 2. The lowest BCUT2D eigenvalue weighted by Gasteiger charge is -2.10. The van der Waals surface area contributed by atoms with Gasteiger partial charge in [0.2, 0.25) is 0 Å². The van der Waals surface area contributed by atoms with Crippen LogP contribution in [0.3, 0.4) is 0 Å². The predicted octanol–water partition coefficient (Wildman–Crippen LogP) is 5.42. The Morgan fingerprint density at radius 1 is 0.771 bits per heavy atom. The van der Waals surface area contributed by atoms with Crippen molar-refractivity contribution < 1.29 is 19.5 Å². The van der Waals surface area contributed by atoms with Crippen LogP contribution in [0.1, 0.15) is 16.7 Å². The standard InChI is InChI=1S/C29H26N2O4/c32-29(33)21-23-5-4-8-27(19-23)34-17-18-35-31-28(20-22-13-15-30-16-14-22)26-11-9-25(10-12-26)24-6-2-1-3-7-24/h1-16,19H,17-18,20-21H2,(H,32,33). The van der Waals surface area contributed by atoms with Crippen molar-refractivity contribution in [3.8, 4) is 16.9 Å². The quantitative estimate of drug-likeness (QED) is 0.181. The van der Waals surface area contributed by atoms with Crippen molar-refractivity contribution in [1.82, 2.24) is 4.98 Å². The van der Waals surface area contributed by atoms with Gasteiger partial charge in [0.25, 0.3) is 0 Å². The molecule has 0 bridgehead atoms. The fraction of sp³-hybridized carbons (Fsp3) is 0.138. The van der Waals surface area contributed by atoms with Crippen LogP contribution in [0.4, 0.5) is 0 Å². The molecule has 0 fully saturated rings. The molecule has 0 radical (unpaired) electrons. The first-order valence-electron chi connectivity index (χ1n) is 11.3. The van der Waals surface area contributed by atoms with Crippen LogP contribution in [0, 0.1) is 0 Å². The molecule has 4 rings (SSSR count). The number of carboxylic acid groups (broad SMARTS) is 1. The first-order valence-corrected chi connectivity index (χ1v) is 11.3. The van der Waals surface area contributed by atoms with Crippen LogP contribution in [0.15, 0.2) is 109 Å². The summed E-state index contributed by atoms with van der Waals surface area (Å²) in [6.45, 7) is 0.542. The Hall–Kier alpha value is -4.45. The van der Waals surface area contributed by atoms with Crippen LogP contribution < -0.4 is 4.74 Å². The molecule has 4 aromatic rings. The molecule has 176 valence electrons. The van der Waals surface area contributed by atoms with Crippen LogP contribution >= 0.6 is 0 Å². The van der Waals surface area contributed by atoms with E-state index in [-0.39, 0.29) is 19.6 Å². The number of aromatic nitrogens is 1. The van der Waals surface area contributed by atoms with E-state index in [9.17, 15) is 4.79 Å². The van der Waals surface area contributed by atoms with E-state index in [0.717, 1.165) is 28.0 Å². The molecule has 1 heterocycles. The second kappa shape index (κ2) is 12.1. The number of carbonyl (C=O) groups is 1. The van der Waals surface area contributed by atoms with Crippen molar-refractivity contribution in [3.63, 3.8) is 0 Å². The van der Waals surface area contributed by atoms with Crippen LogP contribution in [0.5, 0.6) is 5.75 Å². The molecule has 35 heavy (non-hydrogen) atoms. The monoisotopic (exact) mass is 466 g/mol. The summed E-state index contributed by atoms with van der Waals surface area (Å²) in [7, 11) is 0. The smallest absolute Gasteiger partial charge is 0.307 e. The first kappa shape index (κ1) is 23.7. The second-order valence-corrected chi connectivity index (χ2v) is 7.91. The molecule has 0 atom stereocenters. The number of hydrogen-bond donors (Lipinski definition) is 1. The van der Waals surface area contributed by atoms with Gasteiger partial charge in [-0.2, -0.15) is 0 Å². The third-order valence-corrected chi connectivity index (χ3v) is 5.32. The number of ether oxygens (including phenoxy) is 1. The minimum absolute atomic E-state index is 0.0422. The van der Waals surface area contributed by atoms with Gasteiger partial charge in [-0.25, -0.2) is 0 Å². The van der Waals surface area contributed by atoms with Gasteiger partial charge >= 0.3 is 5.97 Å². The molecule has 1 N–H and O–H groups in total. The van der Waals surface area contributed by atoms with Crippen molar-refractivity contribution in [3.05, 3.63) is 120 Å². The largest absolute Gasteiger partial charge is 0.490 e. The number of rotatable bonds is 11. The molecule has 0 unspecified atom stereocenters. The van der Waals surface area contributed by atoms with Gasteiger partial charge in [0, 0.05) is 18.8 Å². The summed E-state index contributed by atoms with van der Waals surface area (Å²) in [6, 6.07) is 29.5.